The van der Waals surface area contributed by atoms with Gasteiger partial charge in [-0.1, -0.05) is 18.2 Å². The van der Waals surface area contributed by atoms with Crippen molar-refractivity contribution in [2.24, 2.45) is 0 Å². The summed E-state index contributed by atoms with van der Waals surface area (Å²) in [6.45, 7) is 0. The molecule has 0 bridgehead atoms. The molecule has 3 aromatic carbocycles. The highest BCUT2D eigenvalue weighted by Crippen LogP contribution is 2.29. The summed E-state index contributed by atoms with van der Waals surface area (Å²) in [5.41, 5.74) is 2.92. The largest absolute Gasteiger partial charge is 0.497 e. The fraction of sp³-hybridized carbons (Fsp3) is 0.0455. The van der Waals surface area contributed by atoms with E-state index in [1.54, 1.807) is 61.8 Å². The summed E-state index contributed by atoms with van der Waals surface area (Å²) in [5.74, 6) is 0.771. The van der Waals surface area contributed by atoms with Crippen molar-refractivity contribution in [2.75, 3.05) is 17.1 Å². The van der Waals surface area contributed by atoms with Crippen molar-refractivity contribution < 1.29 is 13.2 Å². The van der Waals surface area contributed by atoms with Crippen LogP contribution < -0.4 is 14.8 Å². The van der Waals surface area contributed by atoms with Crippen molar-refractivity contribution >= 4 is 38.0 Å². The fourth-order valence-electron chi connectivity index (χ4n) is 2.96. The zero-order valence-electron chi connectivity index (χ0n) is 15.7. The van der Waals surface area contributed by atoms with Crippen molar-refractivity contribution in [3.63, 3.8) is 0 Å². The Labute approximate surface area is 169 Å². The Bertz CT molecular complexity index is 1240. The standard InChI is InChI=1S/C22H19N3O3S/c1-28-18-10-7-16(8-11-18)24-22-13-14-23-21-12-9-17(15-20(21)22)25-29(26,27)19-5-3-2-4-6-19/h2-15,25H,1H3,(H,23,24). The van der Waals surface area contributed by atoms with Gasteiger partial charge in [-0.25, -0.2) is 8.42 Å². The predicted octanol–water partition coefficient (Wildman–Crippen LogP) is 4.79. The third-order valence-corrected chi connectivity index (χ3v) is 5.81. The first kappa shape index (κ1) is 18.8. The average molecular weight is 405 g/mol. The van der Waals surface area contributed by atoms with Crippen LogP contribution in [0.2, 0.25) is 0 Å². The molecule has 29 heavy (non-hydrogen) atoms. The molecule has 1 aromatic heterocycles. The van der Waals surface area contributed by atoms with E-state index in [2.05, 4.69) is 15.0 Å². The molecular formula is C22H19N3O3S. The highest BCUT2D eigenvalue weighted by atomic mass is 32.2. The minimum Gasteiger partial charge on any atom is -0.497 e. The summed E-state index contributed by atoms with van der Waals surface area (Å²) >= 11 is 0. The monoisotopic (exact) mass is 405 g/mol. The molecule has 0 radical (unpaired) electrons. The molecule has 0 aliphatic rings. The smallest absolute Gasteiger partial charge is 0.261 e. The Balaban J connectivity index is 1.67. The Morgan fingerprint density at radius 2 is 1.59 bits per heavy atom. The first-order chi connectivity index (χ1) is 14.0. The van der Waals surface area contributed by atoms with Crippen LogP contribution in [0, 0.1) is 0 Å². The third-order valence-electron chi connectivity index (χ3n) is 4.42. The maximum absolute atomic E-state index is 12.6. The maximum atomic E-state index is 12.6. The minimum atomic E-state index is -3.67. The van der Waals surface area contributed by atoms with E-state index in [1.165, 1.54) is 0 Å². The van der Waals surface area contributed by atoms with Gasteiger partial charge in [0, 0.05) is 28.6 Å². The van der Waals surface area contributed by atoms with Crippen molar-refractivity contribution in [1.29, 1.82) is 0 Å². The Morgan fingerprint density at radius 1 is 0.862 bits per heavy atom. The van der Waals surface area contributed by atoms with Gasteiger partial charge in [0.15, 0.2) is 0 Å². The minimum absolute atomic E-state index is 0.211. The number of fused-ring (bicyclic) bond motifs is 1. The molecular weight excluding hydrogens is 386 g/mol. The molecule has 7 heteroatoms. The summed E-state index contributed by atoms with van der Waals surface area (Å²) in [4.78, 5) is 4.58. The molecule has 146 valence electrons. The number of hydrogen-bond donors (Lipinski definition) is 2. The summed E-state index contributed by atoms with van der Waals surface area (Å²) in [5, 5.41) is 4.15. The van der Waals surface area contributed by atoms with E-state index < -0.39 is 10.0 Å². The van der Waals surface area contributed by atoms with Crippen LogP contribution in [0.5, 0.6) is 5.75 Å². The lowest BCUT2D eigenvalue weighted by Crippen LogP contribution is -2.12. The second kappa shape index (κ2) is 7.81. The molecule has 0 atom stereocenters. The number of aromatic nitrogens is 1. The number of nitrogens with one attached hydrogen (secondary N) is 2. The fourth-order valence-corrected chi connectivity index (χ4v) is 4.03. The molecule has 1 heterocycles. The molecule has 0 aliphatic heterocycles. The third kappa shape index (κ3) is 4.14. The number of hydrogen-bond acceptors (Lipinski definition) is 5. The van der Waals surface area contributed by atoms with Gasteiger partial charge in [-0.15, -0.1) is 0 Å². The number of anilines is 3. The van der Waals surface area contributed by atoms with Gasteiger partial charge in [0.1, 0.15) is 5.75 Å². The van der Waals surface area contributed by atoms with E-state index in [-0.39, 0.29) is 4.90 Å². The van der Waals surface area contributed by atoms with Crippen LogP contribution in [0.3, 0.4) is 0 Å². The van der Waals surface area contributed by atoms with Crippen LogP contribution >= 0.6 is 0 Å². The normalized spacial score (nSPS) is 11.2. The van der Waals surface area contributed by atoms with Crippen LogP contribution in [-0.2, 0) is 10.0 Å². The van der Waals surface area contributed by atoms with E-state index in [4.69, 9.17) is 4.74 Å². The molecule has 0 spiro atoms. The molecule has 0 fully saturated rings. The maximum Gasteiger partial charge on any atom is 0.261 e. The van der Waals surface area contributed by atoms with Gasteiger partial charge in [0.2, 0.25) is 0 Å². The highest BCUT2D eigenvalue weighted by Gasteiger charge is 2.14. The molecule has 0 saturated heterocycles. The topological polar surface area (TPSA) is 80.3 Å². The predicted molar refractivity (Wildman–Crippen MR) is 115 cm³/mol. The number of nitrogens with zero attached hydrogens (tertiary/aromatic N) is 1. The lowest BCUT2D eigenvalue weighted by Gasteiger charge is -2.12. The molecule has 6 nitrogen and oxygen atoms in total. The number of rotatable bonds is 6. The number of methoxy groups -OCH3 is 1. The summed E-state index contributed by atoms with van der Waals surface area (Å²) in [7, 11) is -2.04. The van der Waals surface area contributed by atoms with Crippen molar-refractivity contribution in [3.8, 4) is 5.75 Å². The van der Waals surface area contributed by atoms with Crippen LogP contribution in [0.4, 0.5) is 17.1 Å². The first-order valence-electron chi connectivity index (χ1n) is 8.93. The van der Waals surface area contributed by atoms with Gasteiger partial charge in [0.25, 0.3) is 10.0 Å². The van der Waals surface area contributed by atoms with E-state index in [1.807, 2.05) is 30.3 Å². The van der Waals surface area contributed by atoms with Gasteiger partial charge in [-0.2, -0.15) is 0 Å². The van der Waals surface area contributed by atoms with E-state index >= 15 is 0 Å². The molecule has 0 unspecified atom stereocenters. The van der Waals surface area contributed by atoms with Gasteiger partial charge in [0.05, 0.1) is 17.5 Å². The quantitative estimate of drug-likeness (QED) is 0.482. The summed E-state index contributed by atoms with van der Waals surface area (Å²) in [6, 6.07) is 22.9. The second-order valence-corrected chi connectivity index (χ2v) is 8.04. The van der Waals surface area contributed by atoms with Crippen molar-refractivity contribution in [1.82, 2.24) is 4.98 Å². The van der Waals surface area contributed by atoms with E-state index in [9.17, 15) is 8.42 Å². The zero-order valence-corrected chi connectivity index (χ0v) is 16.5. The van der Waals surface area contributed by atoms with Gasteiger partial charge >= 0.3 is 0 Å². The van der Waals surface area contributed by atoms with Crippen LogP contribution in [0.25, 0.3) is 10.9 Å². The van der Waals surface area contributed by atoms with E-state index in [0.29, 0.717) is 5.69 Å². The SMILES string of the molecule is COc1ccc(Nc2ccnc3ccc(NS(=O)(=O)c4ccccc4)cc23)cc1. The first-order valence-corrected chi connectivity index (χ1v) is 10.4. The van der Waals surface area contributed by atoms with Crippen molar-refractivity contribution in [2.45, 2.75) is 4.90 Å². The molecule has 0 saturated carbocycles. The van der Waals surface area contributed by atoms with Crippen molar-refractivity contribution in [3.05, 3.63) is 85.1 Å². The Morgan fingerprint density at radius 3 is 2.31 bits per heavy atom. The van der Waals surface area contributed by atoms with Gasteiger partial charge in [-0.3, -0.25) is 9.71 Å². The molecule has 0 aliphatic carbocycles. The average Bonchev–Trinajstić information content (AvgIpc) is 2.75. The van der Waals surface area contributed by atoms with Crippen LogP contribution in [-0.4, -0.2) is 20.5 Å². The summed E-state index contributed by atoms with van der Waals surface area (Å²) in [6.07, 6.45) is 1.71. The number of ether oxygens (including phenoxy) is 1. The Hall–Kier alpha value is -3.58. The highest BCUT2D eigenvalue weighted by molar-refractivity contribution is 7.92. The lowest BCUT2D eigenvalue weighted by atomic mass is 10.1. The van der Waals surface area contributed by atoms with Gasteiger partial charge in [-0.05, 0) is 60.7 Å². The van der Waals surface area contributed by atoms with Gasteiger partial charge < -0.3 is 10.1 Å². The summed E-state index contributed by atoms with van der Waals surface area (Å²) < 4.78 is 33.1. The van der Waals surface area contributed by atoms with Crippen LogP contribution in [0.15, 0.2) is 90.0 Å². The number of benzene rings is 3. The molecule has 2 N–H and O–H groups in total. The van der Waals surface area contributed by atoms with E-state index in [0.717, 1.165) is 28.0 Å². The molecule has 0 amide bonds. The van der Waals surface area contributed by atoms with Crippen LogP contribution in [0.1, 0.15) is 0 Å². The number of pyridine rings is 1. The Kier molecular flexibility index (Phi) is 5.05. The lowest BCUT2D eigenvalue weighted by molar-refractivity contribution is 0.415. The number of sulfonamides is 1. The zero-order chi connectivity index (χ0) is 20.3. The second-order valence-electron chi connectivity index (χ2n) is 6.36. The molecule has 4 aromatic rings. The molecule has 4 rings (SSSR count).